The minimum absolute atomic E-state index is 0.0133. The Balaban J connectivity index is 1.31. The van der Waals surface area contributed by atoms with Crippen LogP contribution in [0.15, 0.2) is 76.8 Å². The third-order valence-corrected chi connectivity index (χ3v) is 7.25. The van der Waals surface area contributed by atoms with Crippen molar-refractivity contribution in [2.24, 2.45) is 5.92 Å². The van der Waals surface area contributed by atoms with Gasteiger partial charge in [0.2, 0.25) is 5.91 Å². The first-order valence-corrected chi connectivity index (χ1v) is 12.6. The molecule has 0 unspecified atom stereocenters. The fourth-order valence-corrected chi connectivity index (χ4v) is 5.07. The molecule has 0 saturated carbocycles. The van der Waals surface area contributed by atoms with Crippen molar-refractivity contribution in [2.75, 3.05) is 18.4 Å². The summed E-state index contributed by atoms with van der Waals surface area (Å²) in [7, 11) is 0. The lowest BCUT2D eigenvalue weighted by Gasteiger charge is -2.33. The van der Waals surface area contributed by atoms with Crippen LogP contribution in [-0.4, -0.2) is 28.9 Å². The molecule has 1 N–H and O–H groups in total. The Morgan fingerprint density at radius 2 is 1.85 bits per heavy atom. The fraction of sp³-hybridized carbons (Fsp3) is 0.357. The van der Waals surface area contributed by atoms with Gasteiger partial charge in [0, 0.05) is 29.2 Å². The van der Waals surface area contributed by atoms with Crippen LogP contribution in [0.1, 0.15) is 49.3 Å². The summed E-state index contributed by atoms with van der Waals surface area (Å²) in [6, 6.07) is 21.2. The number of pyridine rings is 1. The highest BCUT2D eigenvalue weighted by atomic mass is 32.2. The number of anilines is 1. The number of amides is 1. The molecular weight excluding hydrogens is 426 g/mol. The zero-order valence-electron chi connectivity index (χ0n) is 19.8. The van der Waals surface area contributed by atoms with Gasteiger partial charge in [0.15, 0.2) is 0 Å². The van der Waals surface area contributed by atoms with E-state index in [9.17, 15) is 4.79 Å². The molecular formula is C28H33N3OS. The summed E-state index contributed by atoms with van der Waals surface area (Å²) in [6.45, 7) is 9.21. The van der Waals surface area contributed by atoms with Crippen molar-refractivity contribution < 1.29 is 4.79 Å². The predicted molar refractivity (Wildman–Crippen MR) is 137 cm³/mol. The number of hydrogen-bond donors (Lipinski definition) is 1. The van der Waals surface area contributed by atoms with Crippen molar-refractivity contribution >= 4 is 23.4 Å². The second-order valence-corrected chi connectivity index (χ2v) is 10.3. The lowest BCUT2D eigenvalue weighted by atomic mass is 9.86. The molecule has 1 amide bonds. The number of aryl methyl sites for hydroxylation is 1. The Bertz CT molecular complexity index is 1060. The summed E-state index contributed by atoms with van der Waals surface area (Å²) in [6.07, 6.45) is 4.13. The van der Waals surface area contributed by atoms with Gasteiger partial charge in [-0.3, -0.25) is 9.69 Å². The van der Waals surface area contributed by atoms with Crippen molar-refractivity contribution in [3.63, 3.8) is 0 Å². The zero-order valence-corrected chi connectivity index (χ0v) is 20.6. The second-order valence-electron chi connectivity index (χ2n) is 9.18. The second kappa shape index (κ2) is 11.0. The molecule has 1 fully saturated rings. The van der Waals surface area contributed by atoms with Crippen LogP contribution < -0.4 is 5.32 Å². The lowest BCUT2D eigenvalue weighted by molar-refractivity contribution is -0.118. The van der Waals surface area contributed by atoms with E-state index in [1.807, 2.05) is 44.3 Å². The zero-order chi connectivity index (χ0) is 23.2. The minimum Gasteiger partial charge on any atom is -0.326 e. The number of rotatable bonds is 7. The number of aromatic nitrogens is 1. The number of carbonyl (C=O) groups is 1. The average Bonchev–Trinajstić information content (AvgIpc) is 2.83. The average molecular weight is 460 g/mol. The summed E-state index contributed by atoms with van der Waals surface area (Å²) >= 11 is 1.70. The number of piperidine rings is 1. The van der Waals surface area contributed by atoms with Gasteiger partial charge in [0.25, 0.3) is 0 Å². The van der Waals surface area contributed by atoms with E-state index in [-0.39, 0.29) is 11.8 Å². The minimum atomic E-state index is -0.0133. The number of nitrogens with one attached hydrogen (secondary N) is 1. The Kier molecular flexibility index (Phi) is 7.84. The van der Waals surface area contributed by atoms with Crippen LogP contribution in [0.2, 0.25) is 0 Å². The van der Waals surface area contributed by atoms with Crippen LogP contribution >= 0.6 is 11.8 Å². The van der Waals surface area contributed by atoms with Crippen LogP contribution in [0.4, 0.5) is 5.69 Å². The standard InChI is InChI=1S/C28H33N3OS/c1-20(2)28(32)30-24-10-7-21(3)26(18-24)23-13-16-31(17-14-23)19-22-8-11-25(12-9-22)33-27-6-4-5-15-29-27/h4-12,15,18,20,23H,13-14,16-17,19H2,1-3H3,(H,30,32). The normalized spacial score (nSPS) is 15.0. The van der Waals surface area contributed by atoms with Gasteiger partial charge in [-0.05, 0) is 91.9 Å². The quantitative estimate of drug-likeness (QED) is 0.437. The van der Waals surface area contributed by atoms with Gasteiger partial charge >= 0.3 is 0 Å². The van der Waals surface area contributed by atoms with E-state index in [0.29, 0.717) is 5.92 Å². The maximum atomic E-state index is 12.1. The number of carbonyl (C=O) groups excluding carboxylic acids is 1. The third-order valence-electron chi connectivity index (χ3n) is 6.29. The number of benzene rings is 2. The van der Waals surface area contributed by atoms with E-state index < -0.39 is 0 Å². The highest BCUT2D eigenvalue weighted by Crippen LogP contribution is 2.33. The Hall–Kier alpha value is -2.63. The lowest BCUT2D eigenvalue weighted by Crippen LogP contribution is -2.32. The molecule has 0 aliphatic carbocycles. The maximum absolute atomic E-state index is 12.1. The van der Waals surface area contributed by atoms with Crippen LogP contribution in [-0.2, 0) is 11.3 Å². The fourth-order valence-electron chi connectivity index (χ4n) is 4.30. The molecule has 0 bridgehead atoms. The number of nitrogens with zero attached hydrogens (tertiary/aromatic N) is 2. The molecule has 1 aromatic heterocycles. The van der Waals surface area contributed by atoms with E-state index in [0.717, 1.165) is 43.2 Å². The van der Waals surface area contributed by atoms with Gasteiger partial charge in [-0.2, -0.15) is 0 Å². The van der Waals surface area contributed by atoms with E-state index in [4.69, 9.17) is 0 Å². The molecule has 4 nitrogen and oxygen atoms in total. The van der Waals surface area contributed by atoms with E-state index in [2.05, 4.69) is 58.5 Å². The number of likely N-dealkylation sites (tertiary alicyclic amines) is 1. The van der Waals surface area contributed by atoms with E-state index in [1.165, 1.54) is 21.6 Å². The van der Waals surface area contributed by atoms with Gasteiger partial charge < -0.3 is 5.32 Å². The van der Waals surface area contributed by atoms with Gasteiger partial charge in [0.1, 0.15) is 5.03 Å². The SMILES string of the molecule is Cc1ccc(NC(=O)C(C)C)cc1C1CCN(Cc2ccc(Sc3ccccn3)cc2)CC1. The van der Waals surface area contributed by atoms with Crippen molar-refractivity contribution in [3.8, 4) is 0 Å². The van der Waals surface area contributed by atoms with Crippen molar-refractivity contribution in [2.45, 2.75) is 56.0 Å². The van der Waals surface area contributed by atoms with Crippen molar-refractivity contribution in [1.82, 2.24) is 9.88 Å². The molecule has 3 aromatic rings. The summed E-state index contributed by atoms with van der Waals surface area (Å²) in [5.74, 6) is 0.610. The van der Waals surface area contributed by atoms with Gasteiger partial charge in [0.05, 0.1) is 0 Å². The molecule has 0 atom stereocenters. The summed E-state index contributed by atoms with van der Waals surface area (Å²) in [4.78, 5) is 20.3. The van der Waals surface area contributed by atoms with Crippen LogP contribution in [0, 0.1) is 12.8 Å². The Morgan fingerprint density at radius 1 is 1.09 bits per heavy atom. The number of hydrogen-bond acceptors (Lipinski definition) is 4. The third kappa shape index (κ3) is 6.46. The molecule has 1 saturated heterocycles. The summed E-state index contributed by atoms with van der Waals surface area (Å²) in [5, 5.41) is 4.08. The van der Waals surface area contributed by atoms with Crippen LogP contribution in [0.3, 0.4) is 0 Å². The van der Waals surface area contributed by atoms with E-state index >= 15 is 0 Å². The molecule has 5 heteroatoms. The largest absolute Gasteiger partial charge is 0.326 e. The topological polar surface area (TPSA) is 45.2 Å². The Labute approximate surface area is 201 Å². The molecule has 33 heavy (non-hydrogen) atoms. The molecule has 2 aromatic carbocycles. The van der Waals surface area contributed by atoms with Gasteiger partial charge in [-0.25, -0.2) is 4.98 Å². The van der Waals surface area contributed by atoms with Crippen LogP contribution in [0.25, 0.3) is 0 Å². The highest BCUT2D eigenvalue weighted by Gasteiger charge is 2.22. The first kappa shape index (κ1) is 23.5. The molecule has 172 valence electrons. The molecule has 2 heterocycles. The molecule has 0 spiro atoms. The molecule has 0 radical (unpaired) electrons. The van der Waals surface area contributed by atoms with Gasteiger partial charge in [-0.1, -0.05) is 49.9 Å². The monoisotopic (exact) mass is 459 g/mol. The molecule has 4 rings (SSSR count). The molecule has 1 aliphatic rings. The van der Waals surface area contributed by atoms with Crippen molar-refractivity contribution in [3.05, 3.63) is 83.6 Å². The summed E-state index contributed by atoms with van der Waals surface area (Å²) < 4.78 is 0. The Morgan fingerprint density at radius 3 is 2.52 bits per heavy atom. The predicted octanol–water partition coefficient (Wildman–Crippen LogP) is 6.52. The van der Waals surface area contributed by atoms with E-state index in [1.54, 1.807) is 11.8 Å². The smallest absolute Gasteiger partial charge is 0.226 e. The summed E-state index contributed by atoms with van der Waals surface area (Å²) in [5.41, 5.74) is 4.97. The first-order chi connectivity index (χ1) is 16.0. The maximum Gasteiger partial charge on any atom is 0.226 e. The first-order valence-electron chi connectivity index (χ1n) is 11.8. The van der Waals surface area contributed by atoms with Crippen LogP contribution in [0.5, 0.6) is 0 Å². The molecule has 1 aliphatic heterocycles. The van der Waals surface area contributed by atoms with Crippen molar-refractivity contribution in [1.29, 1.82) is 0 Å². The van der Waals surface area contributed by atoms with Gasteiger partial charge in [-0.15, -0.1) is 0 Å². The highest BCUT2D eigenvalue weighted by molar-refractivity contribution is 7.99.